The third-order valence-corrected chi connectivity index (χ3v) is 3.55. The number of benzene rings is 1. The van der Waals surface area contributed by atoms with Gasteiger partial charge >= 0.3 is 11.7 Å². The number of rotatable bonds is 4. The van der Waals surface area contributed by atoms with Gasteiger partial charge in [-0.2, -0.15) is 4.98 Å². The van der Waals surface area contributed by atoms with Gasteiger partial charge in [0.05, 0.1) is 5.69 Å². The van der Waals surface area contributed by atoms with Crippen LogP contribution in [-0.2, 0) is 11.2 Å². The molecule has 0 saturated heterocycles. The van der Waals surface area contributed by atoms with Crippen molar-refractivity contribution in [2.24, 2.45) is 0 Å². The highest BCUT2D eigenvalue weighted by molar-refractivity contribution is 6.30. The molecule has 0 unspecified atom stereocenters. The summed E-state index contributed by atoms with van der Waals surface area (Å²) in [5.74, 6) is -0.880. The third-order valence-electron chi connectivity index (χ3n) is 3.32. The SMILES string of the molecule is Cc1nc(=O)n(-c2cccc(Cl)c2)c(C)c1CCC(=O)O. The summed E-state index contributed by atoms with van der Waals surface area (Å²) in [6, 6.07) is 6.91. The topological polar surface area (TPSA) is 72.2 Å². The molecule has 6 heteroatoms. The van der Waals surface area contributed by atoms with E-state index >= 15 is 0 Å². The van der Waals surface area contributed by atoms with Gasteiger partial charge in [0.1, 0.15) is 0 Å². The molecule has 2 aromatic rings. The number of carbonyl (C=O) groups is 1. The quantitative estimate of drug-likeness (QED) is 0.942. The Morgan fingerprint density at radius 1 is 1.38 bits per heavy atom. The zero-order valence-corrected chi connectivity index (χ0v) is 12.5. The van der Waals surface area contributed by atoms with Crippen LogP contribution in [0.4, 0.5) is 0 Å². The number of aryl methyl sites for hydroxylation is 1. The summed E-state index contributed by atoms with van der Waals surface area (Å²) in [5.41, 5.74) is 2.26. The predicted molar refractivity (Wildman–Crippen MR) is 80.3 cm³/mol. The number of hydrogen-bond acceptors (Lipinski definition) is 3. The molecular weight excluding hydrogens is 292 g/mol. The number of nitrogens with zero attached hydrogens (tertiary/aromatic N) is 2. The molecule has 1 heterocycles. The van der Waals surface area contributed by atoms with Gasteiger partial charge in [-0.05, 0) is 44.0 Å². The highest BCUT2D eigenvalue weighted by atomic mass is 35.5. The molecule has 0 bridgehead atoms. The zero-order chi connectivity index (χ0) is 15.6. The molecule has 1 aromatic heterocycles. The first-order valence-corrected chi connectivity index (χ1v) is 6.85. The van der Waals surface area contributed by atoms with Crippen molar-refractivity contribution in [2.45, 2.75) is 26.7 Å². The van der Waals surface area contributed by atoms with Crippen molar-refractivity contribution in [1.82, 2.24) is 9.55 Å². The molecule has 1 N–H and O–H groups in total. The molecule has 2 rings (SSSR count). The van der Waals surface area contributed by atoms with E-state index in [2.05, 4.69) is 4.98 Å². The van der Waals surface area contributed by atoms with Crippen LogP contribution >= 0.6 is 11.6 Å². The smallest absolute Gasteiger partial charge is 0.352 e. The average molecular weight is 307 g/mol. The summed E-state index contributed by atoms with van der Waals surface area (Å²) in [6.45, 7) is 3.50. The van der Waals surface area contributed by atoms with E-state index in [1.54, 1.807) is 38.1 Å². The van der Waals surface area contributed by atoms with Gasteiger partial charge in [0, 0.05) is 22.8 Å². The van der Waals surface area contributed by atoms with Crippen LogP contribution in [0.5, 0.6) is 0 Å². The highest BCUT2D eigenvalue weighted by Crippen LogP contribution is 2.18. The number of halogens is 1. The molecule has 0 fully saturated rings. The number of carboxylic acid groups (broad SMARTS) is 1. The first kappa shape index (κ1) is 15.3. The van der Waals surface area contributed by atoms with Crippen molar-refractivity contribution in [3.8, 4) is 5.69 Å². The van der Waals surface area contributed by atoms with Gasteiger partial charge in [0.25, 0.3) is 0 Å². The van der Waals surface area contributed by atoms with Gasteiger partial charge in [-0.25, -0.2) is 4.79 Å². The van der Waals surface area contributed by atoms with Crippen LogP contribution in [0.15, 0.2) is 29.1 Å². The lowest BCUT2D eigenvalue weighted by Crippen LogP contribution is -2.26. The number of hydrogen-bond donors (Lipinski definition) is 1. The maximum atomic E-state index is 12.2. The van der Waals surface area contributed by atoms with Crippen molar-refractivity contribution in [3.63, 3.8) is 0 Å². The molecule has 0 atom stereocenters. The first-order chi connectivity index (χ1) is 9.90. The van der Waals surface area contributed by atoms with Crippen molar-refractivity contribution < 1.29 is 9.90 Å². The first-order valence-electron chi connectivity index (χ1n) is 6.47. The van der Waals surface area contributed by atoms with E-state index in [0.29, 0.717) is 28.5 Å². The van der Waals surface area contributed by atoms with E-state index < -0.39 is 11.7 Å². The zero-order valence-electron chi connectivity index (χ0n) is 11.8. The Hall–Kier alpha value is -2.14. The van der Waals surface area contributed by atoms with Crippen LogP contribution in [0.25, 0.3) is 5.69 Å². The fourth-order valence-electron chi connectivity index (χ4n) is 2.31. The molecule has 0 saturated carbocycles. The Balaban J connectivity index is 2.59. The Bertz CT molecular complexity index is 753. The minimum atomic E-state index is -0.880. The molecule has 0 aliphatic heterocycles. The number of aliphatic carboxylic acids is 1. The van der Waals surface area contributed by atoms with E-state index in [1.807, 2.05) is 0 Å². The van der Waals surface area contributed by atoms with Crippen LogP contribution in [-0.4, -0.2) is 20.6 Å². The van der Waals surface area contributed by atoms with Gasteiger partial charge in [-0.15, -0.1) is 0 Å². The van der Waals surface area contributed by atoms with Crippen LogP contribution in [0, 0.1) is 13.8 Å². The van der Waals surface area contributed by atoms with Crippen molar-refractivity contribution in [1.29, 1.82) is 0 Å². The van der Waals surface area contributed by atoms with Gasteiger partial charge in [0.15, 0.2) is 0 Å². The van der Waals surface area contributed by atoms with E-state index in [1.165, 1.54) is 4.57 Å². The Kier molecular flexibility index (Phi) is 4.43. The lowest BCUT2D eigenvalue weighted by atomic mass is 10.1. The summed E-state index contributed by atoms with van der Waals surface area (Å²) >= 11 is 5.96. The lowest BCUT2D eigenvalue weighted by molar-refractivity contribution is -0.136. The summed E-state index contributed by atoms with van der Waals surface area (Å²) < 4.78 is 1.45. The van der Waals surface area contributed by atoms with Crippen molar-refractivity contribution in [2.75, 3.05) is 0 Å². The monoisotopic (exact) mass is 306 g/mol. The summed E-state index contributed by atoms with van der Waals surface area (Å²) in [5, 5.41) is 9.35. The lowest BCUT2D eigenvalue weighted by Gasteiger charge is -2.15. The molecule has 1 aromatic carbocycles. The average Bonchev–Trinajstić information content (AvgIpc) is 2.37. The second-order valence-corrected chi connectivity index (χ2v) is 5.19. The molecule has 0 aliphatic carbocycles. The Labute approximate surface area is 126 Å². The molecule has 0 amide bonds. The maximum absolute atomic E-state index is 12.2. The van der Waals surface area contributed by atoms with Gasteiger partial charge in [-0.1, -0.05) is 17.7 Å². The van der Waals surface area contributed by atoms with Gasteiger partial charge in [0.2, 0.25) is 0 Å². The second-order valence-electron chi connectivity index (χ2n) is 4.75. The van der Waals surface area contributed by atoms with E-state index in [0.717, 1.165) is 5.56 Å². The largest absolute Gasteiger partial charge is 0.481 e. The standard InChI is InChI=1S/C15H15ClN2O3/c1-9-13(6-7-14(19)20)10(2)18(15(21)17-9)12-5-3-4-11(16)8-12/h3-5,8H,6-7H2,1-2H3,(H,19,20). The van der Waals surface area contributed by atoms with Crippen LogP contribution in [0.2, 0.25) is 5.02 Å². The Morgan fingerprint density at radius 2 is 2.10 bits per heavy atom. The molecule has 0 aliphatic rings. The van der Waals surface area contributed by atoms with Crippen molar-refractivity contribution in [3.05, 3.63) is 56.7 Å². The molecule has 21 heavy (non-hydrogen) atoms. The highest BCUT2D eigenvalue weighted by Gasteiger charge is 2.14. The number of carboxylic acids is 1. The van der Waals surface area contributed by atoms with E-state index in [9.17, 15) is 9.59 Å². The number of aromatic nitrogens is 2. The maximum Gasteiger partial charge on any atom is 0.352 e. The summed E-state index contributed by atoms with van der Waals surface area (Å²) in [7, 11) is 0. The summed E-state index contributed by atoms with van der Waals surface area (Å²) in [6.07, 6.45) is 0.331. The fraction of sp³-hybridized carbons (Fsp3) is 0.267. The van der Waals surface area contributed by atoms with Crippen LogP contribution in [0.1, 0.15) is 23.4 Å². The minimum Gasteiger partial charge on any atom is -0.481 e. The molecule has 110 valence electrons. The van der Waals surface area contributed by atoms with Crippen LogP contribution < -0.4 is 5.69 Å². The minimum absolute atomic E-state index is 0.00287. The van der Waals surface area contributed by atoms with Gasteiger partial charge < -0.3 is 5.11 Å². The Morgan fingerprint density at radius 3 is 2.71 bits per heavy atom. The fourth-order valence-corrected chi connectivity index (χ4v) is 2.50. The third kappa shape index (κ3) is 3.31. The van der Waals surface area contributed by atoms with E-state index in [4.69, 9.17) is 16.7 Å². The molecular formula is C15H15ClN2O3. The molecule has 5 nitrogen and oxygen atoms in total. The summed E-state index contributed by atoms with van der Waals surface area (Å²) in [4.78, 5) is 26.9. The predicted octanol–water partition coefficient (Wildman–Crippen LogP) is 2.52. The molecule has 0 spiro atoms. The van der Waals surface area contributed by atoms with Gasteiger partial charge in [-0.3, -0.25) is 9.36 Å². The normalized spacial score (nSPS) is 10.6. The van der Waals surface area contributed by atoms with E-state index in [-0.39, 0.29) is 6.42 Å². The van der Waals surface area contributed by atoms with Crippen molar-refractivity contribution >= 4 is 17.6 Å². The molecule has 0 radical (unpaired) electrons. The second kappa shape index (κ2) is 6.10. The van der Waals surface area contributed by atoms with Crippen LogP contribution in [0.3, 0.4) is 0 Å².